The smallest absolute Gasteiger partial charge is 0.259 e. The Bertz CT molecular complexity index is 1200. The fourth-order valence-corrected chi connectivity index (χ4v) is 6.60. The van der Waals surface area contributed by atoms with Gasteiger partial charge >= 0.3 is 0 Å². The number of carbonyl (C=O) groups is 1. The third kappa shape index (κ3) is 3.88. The first kappa shape index (κ1) is 21.3. The van der Waals surface area contributed by atoms with Gasteiger partial charge in [-0.1, -0.05) is 46.6 Å². The predicted octanol–water partition coefficient (Wildman–Crippen LogP) is 4.17. The minimum absolute atomic E-state index is 0.190. The molecule has 11 heteroatoms. The van der Waals surface area contributed by atoms with Crippen LogP contribution in [0.5, 0.6) is 0 Å². The highest BCUT2D eigenvalue weighted by molar-refractivity contribution is 7.91. The topological polar surface area (TPSA) is 83.7 Å². The summed E-state index contributed by atoms with van der Waals surface area (Å²) in [4.78, 5) is 14.8. The molecule has 1 aliphatic rings. The Morgan fingerprint density at radius 2 is 1.80 bits per heavy atom. The number of sulfonamides is 1. The number of halogens is 2. The monoisotopic (exact) mass is 485 g/mol. The molecule has 0 radical (unpaired) electrons. The van der Waals surface area contributed by atoms with E-state index in [1.54, 1.807) is 42.2 Å². The third-order valence-electron chi connectivity index (χ3n) is 4.87. The number of amides is 1. The van der Waals surface area contributed by atoms with Crippen LogP contribution in [-0.2, 0) is 10.0 Å². The summed E-state index contributed by atoms with van der Waals surface area (Å²) in [7, 11) is -3.63. The first-order valence-electron chi connectivity index (χ1n) is 9.05. The molecule has 0 aliphatic carbocycles. The van der Waals surface area contributed by atoms with Crippen LogP contribution in [-0.4, -0.2) is 54.9 Å². The van der Waals surface area contributed by atoms with E-state index in [0.717, 1.165) is 11.3 Å². The van der Waals surface area contributed by atoms with Crippen LogP contribution in [0.2, 0.25) is 9.36 Å². The van der Waals surface area contributed by atoms with Gasteiger partial charge in [0, 0.05) is 31.7 Å². The molecule has 2 aromatic heterocycles. The molecule has 0 unspecified atom stereocenters. The Labute approximate surface area is 187 Å². The van der Waals surface area contributed by atoms with E-state index in [9.17, 15) is 13.2 Å². The van der Waals surface area contributed by atoms with Gasteiger partial charge in [-0.25, -0.2) is 8.42 Å². The molecule has 3 heterocycles. The van der Waals surface area contributed by atoms with Crippen molar-refractivity contribution in [2.24, 2.45) is 0 Å². The number of hydrogen-bond donors (Lipinski definition) is 0. The van der Waals surface area contributed by atoms with Gasteiger partial charge in [0.2, 0.25) is 0 Å². The number of benzene rings is 1. The molecule has 7 nitrogen and oxygen atoms in total. The van der Waals surface area contributed by atoms with Crippen molar-refractivity contribution in [3.63, 3.8) is 0 Å². The average molecular weight is 486 g/mol. The summed E-state index contributed by atoms with van der Waals surface area (Å²) in [6.07, 6.45) is 0. The minimum Gasteiger partial charge on any atom is -0.360 e. The lowest BCUT2D eigenvalue weighted by Crippen LogP contribution is -2.50. The Kier molecular flexibility index (Phi) is 5.91. The summed E-state index contributed by atoms with van der Waals surface area (Å²) < 4.78 is 32.8. The summed E-state index contributed by atoms with van der Waals surface area (Å²) >= 11 is 13.2. The SMILES string of the molecule is Cc1onc(-c2ccccc2Cl)c1C(=O)N1CCN(S(=O)(=O)c2ccc(Cl)s2)CC1. The fraction of sp³-hybridized carbons (Fsp3) is 0.263. The molecule has 4 rings (SSSR count). The van der Waals surface area contributed by atoms with Crippen molar-refractivity contribution in [2.45, 2.75) is 11.1 Å². The number of nitrogens with zero attached hydrogens (tertiary/aromatic N) is 3. The van der Waals surface area contributed by atoms with E-state index in [0.29, 0.717) is 31.9 Å². The van der Waals surface area contributed by atoms with Crippen molar-refractivity contribution in [3.05, 3.63) is 57.1 Å². The first-order valence-corrected chi connectivity index (χ1v) is 12.1. The molecule has 3 aromatic rings. The van der Waals surface area contributed by atoms with Crippen LogP contribution in [0.1, 0.15) is 16.1 Å². The molecule has 1 saturated heterocycles. The molecule has 1 amide bonds. The van der Waals surface area contributed by atoms with Crippen LogP contribution in [0.25, 0.3) is 11.3 Å². The molecule has 0 N–H and O–H groups in total. The van der Waals surface area contributed by atoms with Crippen LogP contribution in [0.4, 0.5) is 0 Å². The minimum atomic E-state index is -3.63. The Balaban J connectivity index is 1.54. The van der Waals surface area contributed by atoms with Gasteiger partial charge in [0.05, 0.1) is 9.36 Å². The number of rotatable bonds is 4. The molecular weight excluding hydrogens is 469 g/mol. The Morgan fingerprint density at radius 3 is 2.43 bits per heavy atom. The van der Waals surface area contributed by atoms with E-state index >= 15 is 0 Å². The highest BCUT2D eigenvalue weighted by Crippen LogP contribution is 2.32. The summed E-state index contributed by atoms with van der Waals surface area (Å²) in [6, 6.07) is 10.1. The average Bonchev–Trinajstić information content (AvgIpc) is 3.34. The lowest BCUT2D eigenvalue weighted by Gasteiger charge is -2.33. The van der Waals surface area contributed by atoms with Gasteiger partial charge in [0.1, 0.15) is 21.2 Å². The van der Waals surface area contributed by atoms with E-state index in [2.05, 4.69) is 5.16 Å². The zero-order valence-corrected chi connectivity index (χ0v) is 19.0. The summed E-state index contributed by atoms with van der Waals surface area (Å²) in [6.45, 7) is 2.56. The van der Waals surface area contributed by atoms with E-state index in [1.165, 1.54) is 10.4 Å². The number of piperazine rings is 1. The van der Waals surface area contributed by atoms with Gasteiger partial charge in [-0.3, -0.25) is 4.79 Å². The molecular formula is C19H17Cl2N3O4S2. The first-order chi connectivity index (χ1) is 14.3. The molecule has 0 saturated carbocycles. The van der Waals surface area contributed by atoms with Gasteiger partial charge in [-0.2, -0.15) is 4.31 Å². The van der Waals surface area contributed by atoms with Crippen molar-refractivity contribution in [2.75, 3.05) is 26.2 Å². The second-order valence-corrected chi connectivity index (χ2v) is 11.0. The van der Waals surface area contributed by atoms with E-state index in [1.807, 2.05) is 0 Å². The van der Waals surface area contributed by atoms with Crippen LogP contribution in [0.15, 0.2) is 45.1 Å². The van der Waals surface area contributed by atoms with Crippen LogP contribution in [0.3, 0.4) is 0 Å². The quantitative estimate of drug-likeness (QED) is 0.553. The molecule has 0 atom stereocenters. The van der Waals surface area contributed by atoms with E-state index in [4.69, 9.17) is 27.7 Å². The number of hydrogen-bond acceptors (Lipinski definition) is 6. The van der Waals surface area contributed by atoms with Gasteiger partial charge < -0.3 is 9.42 Å². The molecule has 1 aliphatic heterocycles. The lowest BCUT2D eigenvalue weighted by molar-refractivity contribution is 0.0697. The third-order valence-corrected chi connectivity index (χ3v) is 8.80. The number of aromatic nitrogens is 1. The second-order valence-electron chi connectivity index (χ2n) is 6.70. The molecule has 158 valence electrons. The molecule has 30 heavy (non-hydrogen) atoms. The molecule has 0 spiro atoms. The zero-order chi connectivity index (χ0) is 21.5. The van der Waals surface area contributed by atoms with Gasteiger partial charge in [-0.15, -0.1) is 11.3 Å². The fourth-order valence-electron chi connectivity index (χ4n) is 3.31. The molecule has 1 fully saturated rings. The van der Waals surface area contributed by atoms with Crippen molar-refractivity contribution in [3.8, 4) is 11.3 Å². The van der Waals surface area contributed by atoms with Crippen LogP contribution in [0, 0.1) is 6.92 Å². The maximum Gasteiger partial charge on any atom is 0.259 e. The van der Waals surface area contributed by atoms with E-state index in [-0.39, 0.29) is 36.3 Å². The largest absolute Gasteiger partial charge is 0.360 e. The highest BCUT2D eigenvalue weighted by atomic mass is 35.5. The van der Waals surface area contributed by atoms with Crippen molar-refractivity contribution >= 4 is 50.5 Å². The van der Waals surface area contributed by atoms with Gasteiger partial charge in [0.15, 0.2) is 0 Å². The highest BCUT2D eigenvalue weighted by Gasteiger charge is 2.33. The number of aryl methyl sites for hydroxylation is 1. The van der Waals surface area contributed by atoms with Crippen molar-refractivity contribution in [1.29, 1.82) is 0 Å². The second kappa shape index (κ2) is 8.32. The maximum absolute atomic E-state index is 13.2. The normalized spacial score (nSPS) is 15.5. The molecule has 1 aromatic carbocycles. The van der Waals surface area contributed by atoms with Crippen LogP contribution >= 0.6 is 34.5 Å². The maximum atomic E-state index is 13.2. The number of carbonyl (C=O) groups excluding carboxylic acids is 1. The number of thiophene rings is 1. The predicted molar refractivity (Wildman–Crippen MR) is 116 cm³/mol. The zero-order valence-electron chi connectivity index (χ0n) is 15.8. The summed E-state index contributed by atoms with van der Waals surface area (Å²) in [5.74, 6) is 0.123. The lowest BCUT2D eigenvalue weighted by atomic mass is 10.0. The van der Waals surface area contributed by atoms with Crippen molar-refractivity contribution < 1.29 is 17.7 Å². The molecule has 0 bridgehead atoms. The van der Waals surface area contributed by atoms with Gasteiger partial charge in [-0.05, 0) is 25.1 Å². The van der Waals surface area contributed by atoms with Crippen LogP contribution < -0.4 is 0 Å². The standard InChI is InChI=1S/C19H17Cl2N3O4S2/c1-12-17(18(22-28-12)13-4-2-3-5-14(13)20)19(25)23-8-10-24(11-9-23)30(26,27)16-7-6-15(21)29-16/h2-7H,8-11H2,1H3. The summed E-state index contributed by atoms with van der Waals surface area (Å²) in [5, 5.41) is 4.50. The Hall–Kier alpha value is -1.91. The Morgan fingerprint density at radius 1 is 1.10 bits per heavy atom. The van der Waals surface area contributed by atoms with Gasteiger partial charge in [0.25, 0.3) is 15.9 Å². The van der Waals surface area contributed by atoms with Crippen molar-refractivity contribution in [1.82, 2.24) is 14.4 Å². The van der Waals surface area contributed by atoms with E-state index < -0.39 is 10.0 Å². The summed E-state index contributed by atoms with van der Waals surface area (Å²) in [5.41, 5.74) is 1.32.